The summed E-state index contributed by atoms with van der Waals surface area (Å²) in [6.45, 7) is 6.47. The number of rotatable bonds is 8. The van der Waals surface area contributed by atoms with Gasteiger partial charge in [-0.1, -0.05) is 6.07 Å². The number of hydrogen-bond acceptors (Lipinski definition) is 5. The maximum absolute atomic E-state index is 10.8. The van der Waals surface area contributed by atoms with Crippen LogP contribution in [0.5, 0.6) is 11.5 Å². The molecule has 1 rings (SSSR count). The van der Waals surface area contributed by atoms with E-state index in [1.165, 1.54) is 20.3 Å². The topological polar surface area (TPSA) is 88.0 Å². The van der Waals surface area contributed by atoms with E-state index in [4.69, 9.17) is 14.6 Å². The number of carboxylic acid groups (broad SMARTS) is 1. The largest absolute Gasteiger partial charge is 0.493 e. The Kier molecular flexibility index (Phi) is 7.25. The zero-order chi connectivity index (χ0) is 18.3. The fraction of sp³-hybridized carbons (Fsp3) is 0.500. The molecule has 1 atom stereocenters. The first-order valence-corrected chi connectivity index (χ1v) is 7.76. The molecule has 3 N–H and O–H groups in total. The maximum Gasteiger partial charge on any atom is 0.328 e. The van der Waals surface area contributed by atoms with E-state index in [0.29, 0.717) is 35.6 Å². The minimum atomic E-state index is -1.04. The predicted octanol–water partition coefficient (Wildman–Crippen LogP) is 2.09. The quantitative estimate of drug-likeness (QED) is 0.630. The Morgan fingerprint density at radius 3 is 2.46 bits per heavy atom. The Balaban J connectivity index is 3.13. The second kappa shape index (κ2) is 8.70. The molecule has 0 aliphatic carbocycles. The third kappa shape index (κ3) is 6.22. The van der Waals surface area contributed by atoms with Gasteiger partial charge in [-0.3, -0.25) is 0 Å². The lowest BCUT2D eigenvalue weighted by Crippen LogP contribution is -2.41. The van der Waals surface area contributed by atoms with Gasteiger partial charge in [-0.15, -0.1) is 0 Å². The van der Waals surface area contributed by atoms with Crippen molar-refractivity contribution in [3.8, 4) is 11.5 Å². The van der Waals surface area contributed by atoms with Gasteiger partial charge in [0.15, 0.2) is 11.5 Å². The molecule has 0 fully saturated rings. The Labute approximate surface area is 143 Å². The SMILES string of the molecule is COc1ccc(/C=C/C(=O)O)c(CC(O)CNC(C)(C)C)c1OC. The highest BCUT2D eigenvalue weighted by molar-refractivity contribution is 5.86. The lowest BCUT2D eigenvalue weighted by Gasteiger charge is -2.24. The highest BCUT2D eigenvalue weighted by Crippen LogP contribution is 2.35. The first-order chi connectivity index (χ1) is 11.2. The summed E-state index contributed by atoms with van der Waals surface area (Å²) in [6, 6.07) is 3.46. The molecule has 0 bridgehead atoms. The highest BCUT2D eigenvalue weighted by atomic mass is 16.5. The Bertz CT molecular complexity index is 590. The minimum Gasteiger partial charge on any atom is -0.493 e. The van der Waals surface area contributed by atoms with E-state index in [2.05, 4.69) is 5.32 Å². The van der Waals surface area contributed by atoms with Crippen LogP contribution in [-0.2, 0) is 11.2 Å². The summed E-state index contributed by atoms with van der Waals surface area (Å²) in [4.78, 5) is 10.8. The van der Waals surface area contributed by atoms with E-state index < -0.39 is 12.1 Å². The highest BCUT2D eigenvalue weighted by Gasteiger charge is 2.19. The molecular formula is C18H27NO5. The van der Waals surface area contributed by atoms with Crippen molar-refractivity contribution >= 4 is 12.0 Å². The van der Waals surface area contributed by atoms with Crippen LogP contribution in [0.3, 0.4) is 0 Å². The standard InChI is InChI=1S/C18H27NO5/c1-18(2,3)19-11-13(20)10-14-12(7-9-16(21)22)6-8-15(23-4)17(14)24-5/h6-9,13,19-20H,10-11H2,1-5H3,(H,21,22)/b9-7+. The third-order valence-corrected chi connectivity index (χ3v) is 3.40. The number of aliphatic hydroxyl groups excluding tert-OH is 1. The third-order valence-electron chi connectivity index (χ3n) is 3.40. The van der Waals surface area contributed by atoms with Gasteiger partial charge < -0.3 is 25.0 Å². The van der Waals surface area contributed by atoms with E-state index in [1.807, 2.05) is 20.8 Å². The second-order valence-corrected chi connectivity index (χ2v) is 6.53. The van der Waals surface area contributed by atoms with Gasteiger partial charge in [0.25, 0.3) is 0 Å². The Hall–Kier alpha value is -2.05. The lowest BCUT2D eigenvalue weighted by atomic mass is 9.98. The number of carbonyl (C=O) groups is 1. The molecule has 6 heteroatoms. The molecule has 0 aliphatic rings. The number of aliphatic carboxylic acids is 1. The zero-order valence-electron chi connectivity index (χ0n) is 14.9. The first-order valence-electron chi connectivity index (χ1n) is 7.76. The molecule has 0 saturated heterocycles. The van der Waals surface area contributed by atoms with E-state index in [-0.39, 0.29) is 5.54 Å². The number of nitrogens with one attached hydrogen (secondary N) is 1. The number of benzene rings is 1. The normalized spacial score (nSPS) is 13.1. The zero-order valence-corrected chi connectivity index (χ0v) is 14.9. The average Bonchev–Trinajstić information content (AvgIpc) is 2.50. The van der Waals surface area contributed by atoms with Crippen LogP contribution in [0.2, 0.25) is 0 Å². The molecule has 0 amide bonds. The fourth-order valence-corrected chi connectivity index (χ4v) is 2.27. The van der Waals surface area contributed by atoms with Crippen molar-refractivity contribution in [1.82, 2.24) is 5.32 Å². The second-order valence-electron chi connectivity index (χ2n) is 6.53. The summed E-state index contributed by atoms with van der Waals surface area (Å²) in [5, 5.41) is 22.4. The van der Waals surface area contributed by atoms with E-state index in [9.17, 15) is 9.90 Å². The summed E-state index contributed by atoms with van der Waals surface area (Å²) in [6.07, 6.45) is 2.21. The van der Waals surface area contributed by atoms with Gasteiger partial charge >= 0.3 is 5.97 Å². The summed E-state index contributed by atoms with van der Waals surface area (Å²) in [5.41, 5.74) is 1.27. The summed E-state index contributed by atoms with van der Waals surface area (Å²) in [7, 11) is 3.05. The van der Waals surface area contributed by atoms with Crippen LogP contribution in [0.25, 0.3) is 6.08 Å². The van der Waals surface area contributed by atoms with Gasteiger partial charge in [-0.2, -0.15) is 0 Å². The van der Waals surface area contributed by atoms with Crippen LogP contribution in [0, 0.1) is 0 Å². The number of methoxy groups -OCH3 is 2. The molecule has 134 valence electrons. The molecule has 0 aromatic heterocycles. The molecule has 0 spiro atoms. The van der Waals surface area contributed by atoms with Crippen molar-refractivity contribution in [1.29, 1.82) is 0 Å². The first kappa shape index (κ1) is 20.0. The van der Waals surface area contributed by atoms with Crippen molar-refractivity contribution in [2.75, 3.05) is 20.8 Å². The minimum absolute atomic E-state index is 0.106. The molecule has 0 aliphatic heterocycles. The van der Waals surface area contributed by atoms with Gasteiger partial charge in [-0.05, 0) is 38.5 Å². The van der Waals surface area contributed by atoms with Crippen molar-refractivity contribution < 1.29 is 24.5 Å². The summed E-state index contributed by atoms with van der Waals surface area (Å²) in [5.74, 6) is 0.00138. The van der Waals surface area contributed by atoms with Crippen molar-refractivity contribution in [3.05, 3.63) is 29.3 Å². The number of aliphatic hydroxyl groups is 1. The summed E-state index contributed by atoms with van der Waals surface area (Å²) >= 11 is 0. The number of β-amino-alcohol motifs (C(OH)–C–C–N with tert-alkyl or cyclic N) is 1. The van der Waals surface area contributed by atoms with Gasteiger partial charge in [0, 0.05) is 30.1 Å². The molecule has 0 radical (unpaired) electrons. The van der Waals surface area contributed by atoms with Crippen molar-refractivity contribution in [3.63, 3.8) is 0 Å². The van der Waals surface area contributed by atoms with Gasteiger partial charge in [-0.25, -0.2) is 4.79 Å². The number of hydrogen-bond donors (Lipinski definition) is 3. The molecular weight excluding hydrogens is 310 g/mol. The van der Waals surface area contributed by atoms with E-state index in [1.54, 1.807) is 12.1 Å². The summed E-state index contributed by atoms with van der Waals surface area (Å²) < 4.78 is 10.7. The van der Waals surface area contributed by atoms with Crippen molar-refractivity contribution in [2.24, 2.45) is 0 Å². The molecule has 1 aromatic carbocycles. The fourth-order valence-electron chi connectivity index (χ4n) is 2.27. The van der Waals surface area contributed by atoms with Crippen molar-refractivity contribution in [2.45, 2.75) is 38.8 Å². The molecule has 0 heterocycles. The monoisotopic (exact) mass is 337 g/mol. The van der Waals surface area contributed by atoms with Crippen LogP contribution >= 0.6 is 0 Å². The molecule has 24 heavy (non-hydrogen) atoms. The number of ether oxygens (including phenoxy) is 2. The van der Waals surface area contributed by atoms with E-state index in [0.717, 1.165) is 6.08 Å². The Morgan fingerprint density at radius 1 is 1.29 bits per heavy atom. The maximum atomic E-state index is 10.8. The average molecular weight is 337 g/mol. The predicted molar refractivity (Wildman–Crippen MR) is 93.7 cm³/mol. The van der Waals surface area contributed by atoms with Crippen LogP contribution < -0.4 is 14.8 Å². The van der Waals surface area contributed by atoms with Gasteiger partial charge in [0.05, 0.1) is 20.3 Å². The smallest absolute Gasteiger partial charge is 0.328 e. The van der Waals surface area contributed by atoms with Crippen LogP contribution in [0.4, 0.5) is 0 Å². The van der Waals surface area contributed by atoms with Crippen LogP contribution in [0.1, 0.15) is 31.9 Å². The van der Waals surface area contributed by atoms with Gasteiger partial charge in [0.2, 0.25) is 0 Å². The number of carboxylic acids is 1. The molecule has 0 saturated carbocycles. The van der Waals surface area contributed by atoms with Gasteiger partial charge in [0.1, 0.15) is 0 Å². The lowest BCUT2D eigenvalue weighted by molar-refractivity contribution is -0.131. The molecule has 6 nitrogen and oxygen atoms in total. The van der Waals surface area contributed by atoms with Crippen LogP contribution in [0.15, 0.2) is 18.2 Å². The molecule has 1 aromatic rings. The van der Waals surface area contributed by atoms with E-state index >= 15 is 0 Å². The Morgan fingerprint density at radius 2 is 1.96 bits per heavy atom. The molecule has 1 unspecified atom stereocenters. The van der Waals surface area contributed by atoms with Crippen LogP contribution in [-0.4, -0.2) is 48.6 Å².